The molecular formula is C21H18ClN3O5. The van der Waals surface area contributed by atoms with Crippen molar-refractivity contribution in [2.75, 3.05) is 13.7 Å². The Kier molecular flexibility index (Phi) is 6.23. The molecule has 0 aliphatic carbocycles. The molecule has 3 aromatic rings. The van der Waals surface area contributed by atoms with Crippen LogP contribution in [-0.4, -0.2) is 35.2 Å². The first-order chi connectivity index (χ1) is 14.4. The molecule has 154 valence electrons. The zero-order valence-corrected chi connectivity index (χ0v) is 17.3. The van der Waals surface area contributed by atoms with E-state index in [1.54, 1.807) is 30.7 Å². The topological polar surface area (TPSA) is 103 Å². The number of halogens is 1. The van der Waals surface area contributed by atoms with E-state index in [1.807, 2.05) is 18.2 Å². The predicted octanol–water partition coefficient (Wildman–Crippen LogP) is 3.72. The third kappa shape index (κ3) is 4.07. The summed E-state index contributed by atoms with van der Waals surface area (Å²) in [6.07, 6.45) is 0. The standard InChI is InChI=1S/C21H18ClN3O5/c1-4-29-21(27)16-9-15-18(22)20(30-12(2)26)25(19(15)17(10-23)24-16)11-13-5-7-14(28-3)8-6-13/h5-9H,4,11H2,1-3H3. The molecule has 0 aliphatic rings. The number of ether oxygens (including phenoxy) is 3. The molecule has 0 saturated carbocycles. The number of carbonyl (C=O) groups is 2. The third-order valence-corrected chi connectivity index (χ3v) is 4.63. The predicted molar refractivity (Wildman–Crippen MR) is 109 cm³/mol. The van der Waals surface area contributed by atoms with Gasteiger partial charge in [-0.25, -0.2) is 9.78 Å². The molecule has 8 nitrogen and oxygen atoms in total. The second kappa shape index (κ2) is 8.84. The van der Waals surface area contributed by atoms with Crippen molar-refractivity contribution in [1.29, 1.82) is 5.26 Å². The lowest BCUT2D eigenvalue weighted by molar-refractivity contribution is -0.132. The number of aromatic nitrogens is 2. The molecule has 0 saturated heterocycles. The van der Waals surface area contributed by atoms with Crippen LogP contribution < -0.4 is 9.47 Å². The molecular weight excluding hydrogens is 410 g/mol. The Morgan fingerprint density at radius 1 is 1.27 bits per heavy atom. The molecule has 0 atom stereocenters. The summed E-state index contributed by atoms with van der Waals surface area (Å²) in [5, 5.41) is 10.1. The van der Waals surface area contributed by atoms with Crippen molar-refractivity contribution in [3.8, 4) is 17.7 Å². The Hall–Kier alpha value is -3.57. The van der Waals surface area contributed by atoms with Gasteiger partial charge in [0, 0.05) is 12.3 Å². The molecule has 0 spiro atoms. The number of rotatable bonds is 6. The monoisotopic (exact) mass is 427 g/mol. The van der Waals surface area contributed by atoms with Crippen molar-refractivity contribution in [3.63, 3.8) is 0 Å². The van der Waals surface area contributed by atoms with Crippen LogP contribution in [0.1, 0.15) is 35.6 Å². The van der Waals surface area contributed by atoms with Crippen LogP contribution in [0.2, 0.25) is 5.02 Å². The fourth-order valence-corrected chi connectivity index (χ4v) is 3.29. The van der Waals surface area contributed by atoms with Crippen LogP contribution in [0.5, 0.6) is 11.6 Å². The smallest absolute Gasteiger partial charge is 0.356 e. The number of benzene rings is 1. The van der Waals surface area contributed by atoms with Gasteiger partial charge in [0.2, 0.25) is 5.88 Å². The average Bonchev–Trinajstić information content (AvgIpc) is 2.99. The number of esters is 2. The minimum atomic E-state index is -0.677. The molecule has 0 unspecified atom stereocenters. The highest BCUT2D eigenvalue weighted by Gasteiger charge is 2.25. The normalized spacial score (nSPS) is 10.5. The zero-order valence-electron chi connectivity index (χ0n) is 16.6. The molecule has 0 amide bonds. The highest BCUT2D eigenvalue weighted by atomic mass is 35.5. The maximum absolute atomic E-state index is 12.1. The minimum absolute atomic E-state index is 0.0376. The first-order valence-corrected chi connectivity index (χ1v) is 9.38. The Morgan fingerprint density at radius 3 is 2.53 bits per heavy atom. The summed E-state index contributed by atoms with van der Waals surface area (Å²) < 4.78 is 17.1. The van der Waals surface area contributed by atoms with E-state index in [4.69, 9.17) is 25.8 Å². The van der Waals surface area contributed by atoms with Gasteiger partial charge in [0.15, 0.2) is 11.4 Å². The van der Waals surface area contributed by atoms with E-state index in [9.17, 15) is 14.9 Å². The summed E-state index contributed by atoms with van der Waals surface area (Å²) in [6, 6.07) is 10.7. The SMILES string of the molecule is CCOC(=O)c1cc2c(Cl)c(OC(C)=O)n(Cc3ccc(OC)cc3)c2c(C#N)n1. The largest absolute Gasteiger partial charge is 0.497 e. The molecule has 0 N–H and O–H groups in total. The maximum Gasteiger partial charge on any atom is 0.356 e. The van der Waals surface area contributed by atoms with Crippen LogP contribution >= 0.6 is 11.6 Å². The van der Waals surface area contributed by atoms with Gasteiger partial charge in [-0.05, 0) is 30.7 Å². The van der Waals surface area contributed by atoms with Gasteiger partial charge in [-0.3, -0.25) is 4.79 Å². The van der Waals surface area contributed by atoms with Crippen molar-refractivity contribution in [2.24, 2.45) is 0 Å². The first kappa shape index (κ1) is 21.1. The Labute approximate surface area is 177 Å². The maximum atomic E-state index is 12.1. The molecule has 30 heavy (non-hydrogen) atoms. The third-order valence-electron chi connectivity index (χ3n) is 4.26. The van der Waals surface area contributed by atoms with Crippen molar-refractivity contribution in [3.05, 3.63) is 52.3 Å². The fraction of sp³-hybridized carbons (Fsp3) is 0.238. The summed E-state index contributed by atoms with van der Waals surface area (Å²) in [5.74, 6) is -0.501. The molecule has 0 radical (unpaired) electrons. The van der Waals surface area contributed by atoms with E-state index >= 15 is 0 Å². The van der Waals surface area contributed by atoms with Gasteiger partial charge in [0.05, 0.1) is 25.8 Å². The molecule has 9 heteroatoms. The van der Waals surface area contributed by atoms with E-state index in [0.717, 1.165) is 5.56 Å². The number of fused-ring (bicyclic) bond motifs is 1. The molecule has 0 bridgehead atoms. The Bertz CT molecular complexity index is 1160. The van der Waals surface area contributed by atoms with Gasteiger partial charge in [0.25, 0.3) is 0 Å². The molecule has 3 rings (SSSR count). The number of methoxy groups -OCH3 is 1. The lowest BCUT2D eigenvalue weighted by Crippen LogP contribution is -2.11. The highest BCUT2D eigenvalue weighted by Crippen LogP contribution is 2.39. The number of nitrogens with zero attached hydrogens (tertiary/aromatic N) is 3. The number of hydrogen-bond acceptors (Lipinski definition) is 7. The van der Waals surface area contributed by atoms with E-state index in [-0.39, 0.29) is 35.4 Å². The molecule has 1 aromatic carbocycles. The van der Waals surface area contributed by atoms with Gasteiger partial charge < -0.3 is 18.8 Å². The molecule has 2 aromatic heterocycles. The second-order valence-electron chi connectivity index (χ2n) is 6.23. The molecule has 2 heterocycles. The summed E-state index contributed by atoms with van der Waals surface area (Å²) in [5.41, 5.74) is 1.10. The Morgan fingerprint density at radius 2 is 1.97 bits per heavy atom. The lowest BCUT2D eigenvalue weighted by Gasteiger charge is -2.11. The first-order valence-electron chi connectivity index (χ1n) is 9.00. The zero-order chi connectivity index (χ0) is 21.8. The average molecular weight is 428 g/mol. The van der Waals surface area contributed by atoms with E-state index < -0.39 is 11.9 Å². The molecule has 0 aliphatic heterocycles. The summed E-state index contributed by atoms with van der Waals surface area (Å²) in [7, 11) is 1.57. The summed E-state index contributed by atoms with van der Waals surface area (Å²) >= 11 is 6.50. The van der Waals surface area contributed by atoms with Crippen molar-refractivity contribution in [1.82, 2.24) is 9.55 Å². The van der Waals surface area contributed by atoms with Gasteiger partial charge in [-0.15, -0.1) is 0 Å². The van der Waals surface area contributed by atoms with Crippen LogP contribution in [0, 0.1) is 11.3 Å². The van der Waals surface area contributed by atoms with Gasteiger partial charge >= 0.3 is 11.9 Å². The fourth-order valence-electron chi connectivity index (χ4n) is 3.00. The van der Waals surface area contributed by atoms with Crippen molar-refractivity contribution >= 4 is 34.4 Å². The lowest BCUT2D eigenvalue weighted by atomic mass is 10.2. The van der Waals surface area contributed by atoms with Crippen LogP contribution in [0.3, 0.4) is 0 Å². The quantitative estimate of drug-likeness (QED) is 0.552. The van der Waals surface area contributed by atoms with Crippen LogP contribution in [-0.2, 0) is 16.1 Å². The van der Waals surface area contributed by atoms with Crippen LogP contribution in [0.15, 0.2) is 30.3 Å². The van der Waals surface area contributed by atoms with Crippen LogP contribution in [0.25, 0.3) is 10.9 Å². The summed E-state index contributed by atoms with van der Waals surface area (Å²) in [6.45, 7) is 3.31. The van der Waals surface area contributed by atoms with E-state index in [0.29, 0.717) is 16.7 Å². The van der Waals surface area contributed by atoms with E-state index in [2.05, 4.69) is 4.98 Å². The molecule has 0 fully saturated rings. The van der Waals surface area contributed by atoms with Crippen molar-refractivity contribution in [2.45, 2.75) is 20.4 Å². The van der Waals surface area contributed by atoms with Gasteiger partial charge in [0.1, 0.15) is 16.8 Å². The van der Waals surface area contributed by atoms with E-state index in [1.165, 1.54) is 13.0 Å². The second-order valence-corrected chi connectivity index (χ2v) is 6.61. The Balaban J connectivity index is 2.23. The number of nitriles is 1. The minimum Gasteiger partial charge on any atom is -0.497 e. The number of pyridine rings is 1. The van der Waals surface area contributed by atoms with Crippen molar-refractivity contribution < 1.29 is 23.8 Å². The highest BCUT2D eigenvalue weighted by molar-refractivity contribution is 6.37. The van der Waals surface area contributed by atoms with Gasteiger partial charge in [-0.1, -0.05) is 23.7 Å². The number of carbonyl (C=O) groups excluding carboxylic acids is 2. The number of hydrogen-bond donors (Lipinski definition) is 0. The summed E-state index contributed by atoms with van der Waals surface area (Å²) in [4.78, 5) is 28.0. The van der Waals surface area contributed by atoms with Gasteiger partial charge in [-0.2, -0.15) is 5.26 Å². The van der Waals surface area contributed by atoms with Crippen LogP contribution in [0.4, 0.5) is 0 Å².